The molecule has 1 saturated heterocycles. The van der Waals surface area contributed by atoms with Gasteiger partial charge in [0.2, 0.25) is 10.0 Å². The molecule has 1 fully saturated rings. The second-order valence-corrected chi connectivity index (χ2v) is 8.71. The molecule has 1 aliphatic rings. The minimum atomic E-state index is -3.46. The average molecular weight is 324 g/mol. The molecule has 0 aromatic heterocycles. The second kappa shape index (κ2) is 6.84. The van der Waals surface area contributed by atoms with Crippen LogP contribution >= 0.6 is 11.8 Å². The second-order valence-electron chi connectivity index (χ2n) is 5.26. The van der Waals surface area contributed by atoms with Crippen LogP contribution in [0, 0.1) is 11.8 Å². The SMILES string of the molecule is CC1(CNS(=O)(=O)c2ccc(C#CCN)cc2)CCCS1. The Hall–Kier alpha value is -1.00. The number of hydrogen-bond acceptors (Lipinski definition) is 4. The van der Waals surface area contributed by atoms with Crippen LogP contribution in [0.5, 0.6) is 0 Å². The first kappa shape index (κ1) is 16.4. The molecule has 0 aliphatic carbocycles. The van der Waals surface area contributed by atoms with Crippen LogP contribution in [0.2, 0.25) is 0 Å². The Bertz CT molecular complexity index is 636. The number of rotatable bonds is 4. The largest absolute Gasteiger partial charge is 0.320 e. The van der Waals surface area contributed by atoms with E-state index in [1.807, 2.05) is 11.8 Å². The maximum Gasteiger partial charge on any atom is 0.240 e. The van der Waals surface area contributed by atoms with Gasteiger partial charge in [-0.3, -0.25) is 0 Å². The van der Waals surface area contributed by atoms with Gasteiger partial charge in [-0.1, -0.05) is 11.8 Å². The van der Waals surface area contributed by atoms with Crippen molar-refractivity contribution in [2.24, 2.45) is 5.73 Å². The highest BCUT2D eigenvalue weighted by Gasteiger charge is 2.31. The van der Waals surface area contributed by atoms with Crippen molar-refractivity contribution >= 4 is 21.8 Å². The summed E-state index contributed by atoms with van der Waals surface area (Å²) in [5, 5.41) is 0. The third-order valence-corrected chi connectivity index (χ3v) is 6.39. The van der Waals surface area contributed by atoms with E-state index < -0.39 is 10.0 Å². The lowest BCUT2D eigenvalue weighted by molar-refractivity contribution is 0.552. The number of hydrogen-bond donors (Lipinski definition) is 2. The molecule has 21 heavy (non-hydrogen) atoms. The van der Waals surface area contributed by atoms with Gasteiger partial charge in [0.1, 0.15) is 0 Å². The highest BCUT2D eigenvalue weighted by molar-refractivity contribution is 8.01. The van der Waals surface area contributed by atoms with Crippen molar-refractivity contribution in [2.45, 2.75) is 29.4 Å². The predicted octanol–water partition coefficient (Wildman–Crippen LogP) is 1.56. The van der Waals surface area contributed by atoms with Gasteiger partial charge < -0.3 is 5.73 Å². The Morgan fingerprint density at radius 3 is 2.67 bits per heavy atom. The monoisotopic (exact) mass is 324 g/mol. The van der Waals surface area contributed by atoms with Crippen molar-refractivity contribution in [1.29, 1.82) is 0 Å². The number of thioether (sulfide) groups is 1. The van der Waals surface area contributed by atoms with Crippen LogP contribution in [0.25, 0.3) is 0 Å². The van der Waals surface area contributed by atoms with E-state index in [1.54, 1.807) is 24.3 Å². The zero-order valence-corrected chi connectivity index (χ0v) is 13.7. The first-order valence-corrected chi connectivity index (χ1v) is 9.35. The van der Waals surface area contributed by atoms with Gasteiger partial charge in [-0.15, -0.1) is 0 Å². The van der Waals surface area contributed by atoms with Gasteiger partial charge in [-0.2, -0.15) is 11.8 Å². The molecule has 0 bridgehead atoms. The Morgan fingerprint density at radius 2 is 2.10 bits per heavy atom. The van der Waals surface area contributed by atoms with Gasteiger partial charge in [-0.05, 0) is 49.8 Å². The summed E-state index contributed by atoms with van der Waals surface area (Å²) in [6.07, 6.45) is 2.20. The van der Waals surface area contributed by atoms with Crippen LogP contribution < -0.4 is 10.5 Å². The first-order chi connectivity index (χ1) is 9.95. The summed E-state index contributed by atoms with van der Waals surface area (Å²) in [5.41, 5.74) is 6.07. The smallest absolute Gasteiger partial charge is 0.240 e. The van der Waals surface area contributed by atoms with E-state index in [4.69, 9.17) is 5.73 Å². The Balaban J connectivity index is 2.05. The topological polar surface area (TPSA) is 72.2 Å². The molecular weight excluding hydrogens is 304 g/mol. The lowest BCUT2D eigenvalue weighted by Gasteiger charge is -2.22. The lowest BCUT2D eigenvalue weighted by Crippen LogP contribution is -2.36. The lowest BCUT2D eigenvalue weighted by atomic mass is 10.1. The standard InChI is InChI=1S/C15H20N2O2S2/c1-15(9-3-11-20-15)12-17-21(18,19)14-7-5-13(6-8-14)4-2-10-16/h5-8,17H,3,9-12,16H2,1H3. The molecule has 114 valence electrons. The van der Waals surface area contributed by atoms with Crippen LogP contribution in [0.1, 0.15) is 25.3 Å². The fraction of sp³-hybridized carbons (Fsp3) is 0.467. The normalized spacial score (nSPS) is 21.8. The molecule has 0 spiro atoms. The number of nitrogens with two attached hydrogens (primary N) is 1. The molecule has 0 radical (unpaired) electrons. The summed E-state index contributed by atoms with van der Waals surface area (Å²) in [5.74, 6) is 6.72. The van der Waals surface area contributed by atoms with Crippen LogP contribution in [-0.4, -0.2) is 32.0 Å². The summed E-state index contributed by atoms with van der Waals surface area (Å²) in [7, 11) is -3.46. The highest BCUT2D eigenvalue weighted by atomic mass is 32.2. The van der Waals surface area contributed by atoms with Gasteiger partial charge in [0.05, 0.1) is 11.4 Å². The van der Waals surface area contributed by atoms with Gasteiger partial charge >= 0.3 is 0 Å². The zero-order valence-electron chi connectivity index (χ0n) is 12.1. The number of nitrogens with one attached hydrogen (secondary N) is 1. The van der Waals surface area contributed by atoms with E-state index in [1.165, 1.54) is 0 Å². The van der Waals surface area contributed by atoms with Crippen LogP contribution in [0.15, 0.2) is 29.2 Å². The molecule has 1 aromatic rings. The molecule has 2 rings (SSSR count). The Kier molecular flexibility index (Phi) is 5.33. The summed E-state index contributed by atoms with van der Waals surface area (Å²) in [6.45, 7) is 2.87. The van der Waals surface area contributed by atoms with Crippen molar-refractivity contribution in [1.82, 2.24) is 4.72 Å². The third kappa shape index (κ3) is 4.48. The summed E-state index contributed by atoms with van der Waals surface area (Å²) in [6, 6.07) is 6.55. The summed E-state index contributed by atoms with van der Waals surface area (Å²) in [4.78, 5) is 0.271. The molecule has 1 unspecified atom stereocenters. The molecular formula is C15H20N2O2S2. The van der Waals surface area contributed by atoms with Crippen molar-refractivity contribution in [3.63, 3.8) is 0 Å². The molecule has 1 atom stereocenters. The minimum Gasteiger partial charge on any atom is -0.320 e. The quantitative estimate of drug-likeness (QED) is 0.825. The van der Waals surface area contributed by atoms with E-state index in [2.05, 4.69) is 23.5 Å². The fourth-order valence-corrected chi connectivity index (χ4v) is 4.68. The molecule has 1 heterocycles. The van der Waals surface area contributed by atoms with Crippen molar-refractivity contribution in [2.75, 3.05) is 18.8 Å². The van der Waals surface area contributed by atoms with Crippen molar-refractivity contribution in [3.8, 4) is 11.8 Å². The van der Waals surface area contributed by atoms with E-state index in [0.717, 1.165) is 24.2 Å². The van der Waals surface area contributed by atoms with E-state index in [-0.39, 0.29) is 16.2 Å². The molecule has 1 aromatic carbocycles. The molecule has 0 saturated carbocycles. The molecule has 6 heteroatoms. The van der Waals surface area contributed by atoms with Crippen molar-refractivity contribution in [3.05, 3.63) is 29.8 Å². The average Bonchev–Trinajstić information content (AvgIpc) is 2.91. The third-order valence-electron chi connectivity index (χ3n) is 3.44. The Labute approximate surface area is 130 Å². The zero-order chi connectivity index (χ0) is 15.3. The van der Waals surface area contributed by atoms with E-state index in [9.17, 15) is 8.42 Å². The van der Waals surface area contributed by atoms with Crippen LogP contribution in [0.3, 0.4) is 0 Å². The van der Waals surface area contributed by atoms with Gasteiger partial charge in [0, 0.05) is 16.9 Å². The molecule has 0 amide bonds. The maximum atomic E-state index is 12.3. The minimum absolute atomic E-state index is 0.0135. The van der Waals surface area contributed by atoms with E-state index >= 15 is 0 Å². The summed E-state index contributed by atoms with van der Waals surface area (Å²) >= 11 is 1.84. The van der Waals surface area contributed by atoms with Crippen molar-refractivity contribution < 1.29 is 8.42 Å². The van der Waals surface area contributed by atoms with Gasteiger partial charge in [0.25, 0.3) is 0 Å². The Morgan fingerprint density at radius 1 is 1.38 bits per heavy atom. The van der Waals surface area contributed by atoms with Gasteiger partial charge in [0.15, 0.2) is 0 Å². The molecule has 1 aliphatic heterocycles. The van der Waals surface area contributed by atoms with Gasteiger partial charge in [-0.25, -0.2) is 13.1 Å². The predicted molar refractivity (Wildman–Crippen MR) is 87.7 cm³/mol. The number of sulfonamides is 1. The highest BCUT2D eigenvalue weighted by Crippen LogP contribution is 2.37. The molecule has 3 N–H and O–H groups in total. The first-order valence-electron chi connectivity index (χ1n) is 6.88. The van der Waals surface area contributed by atoms with E-state index in [0.29, 0.717) is 6.54 Å². The van der Waals surface area contributed by atoms with Crippen LogP contribution in [0.4, 0.5) is 0 Å². The maximum absolute atomic E-state index is 12.3. The fourth-order valence-electron chi connectivity index (χ4n) is 2.18. The number of benzene rings is 1. The molecule has 4 nitrogen and oxygen atoms in total. The van der Waals surface area contributed by atoms with Crippen LogP contribution in [-0.2, 0) is 10.0 Å². The summed E-state index contributed by atoms with van der Waals surface area (Å²) < 4.78 is 27.3.